The van der Waals surface area contributed by atoms with E-state index in [0.29, 0.717) is 0 Å². The molecule has 0 aliphatic heterocycles. The van der Waals surface area contributed by atoms with E-state index in [1.54, 1.807) is 13.0 Å². The van der Waals surface area contributed by atoms with Crippen LogP contribution in [0.2, 0.25) is 0 Å². The average molecular weight is 197 g/mol. The van der Waals surface area contributed by atoms with Crippen molar-refractivity contribution >= 4 is 5.69 Å². The zero-order valence-electron chi connectivity index (χ0n) is 8.71. The molecule has 0 amide bonds. The number of hydrogen-bond donors (Lipinski definition) is 2. The predicted octanol–water partition coefficient (Wildman–Crippen LogP) is 2.32. The highest BCUT2D eigenvalue weighted by atomic mass is 19.1. The highest BCUT2D eigenvalue weighted by Crippen LogP contribution is 2.17. The van der Waals surface area contributed by atoms with Crippen molar-refractivity contribution in [3.05, 3.63) is 29.6 Å². The lowest BCUT2D eigenvalue weighted by Gasteiger charge is -2.19. The Balaban J connectivity index is 2.80. The van der Waals surface area contributed by atoms with E-state index in [2.05, 4.69) is 5.32 Å². The van der Waals surface area contributed by atoms with E-state index in [1.807, 2.05) is 13.8 Å². The van der Waals surface area contributed by atoms with Gasteiger partial charge in [0, 0.05) is 11.7 Å². The number of aryl methyl sites for hydroxylation is 1. The fourth-order valence-corrected chi connectivity index (χ4v) is 1.12. The Hall–Kier alpha value is -1.09. The van der Waals surface area contributed by atoms with Gasteiger partial charge < -0.3 is 10.4 Å². The third-order valence-corrected chi connectivity index (χ3v) is 2.31. The summed E-state index contributed by atoms with van der Waals surface area (Å²) in [6, 6.07) is 4.49. The average Bonchev–Trinajstić information content (AvgIpc) is 2.11. The topological polar surface area (TPSA) is 32.3 Å². The molecule has 0 saturated carbocycles. The zero-order valence-corrected chi connectivity index (χ0v) is 8.71. The number of anilines is 1. The van der Waals surface area contributed by atoms with Crippen LogP contribution in [0.1, 0.15) is 19.4 Å². The summed E-state index contributed by atoms with van der Waals surface area (Å²) in [6.07, 6.45) is -0.460. The summed E-state index contributed by atoms with van der Waals surface area (Å²) < 4.78 is 12.9. The molecular formula is C11H16FNO. The molecule has 0 bridgehead atoms. The number of halogens is 1. The molecule has 2 N–H and O–H groups in total. The van der Waals surface area contributed by atoms with Crippen LogP contribution in [0.4, 0.5) is 10.1 Å². The summed E-state index contributed by atoms with van der Waals surface area (Å²) >= 11 is 0. The smallest absolute Gasteiger partial charge is 0.125 e. The van der Waals surface area contributed by atoms with Crippen LogP contribution in [0.25, 0.3) is 0 Å². The van der Waals surface area contributed by atoms with Crippen LogP contribution < -0.4 is 5.32 Å². The second-order valence-electron chi connectivity index (χ2n) is 3.63. The van der Waals surface area contributed by atoms with Crippen molar-refractivity contribution < 1.29 is 9.50 Å². The molecule has 0 heterocycles. The molecule has 0 spiro atoms. The van der Waals surface area contributed by atoms with Crippen LogP contribution in [-0.4, -0.2) is 17.3 Å². The standard InChI is InChI=1S/C11H16FNO/c1-7-4-5-10(12)6-11(7)13-8(2)9(3)14/h4-6,8-9,13-14H,1-3H3. The SMILES string of the molecule is Cc1ccc(F)cc1NC(C)C(C)O. The normalized spacial score (nSPS) is 14.9. The molecule has 0 radical (unpaired) electrons. The second kappa shape index (κ2) is 4.42. The lowest BCUT2D eigenvalue weighted by Crippen LogP contribution is -2.28. The molecule has 14 heavy (non-hydrogen) atoms. The Morgan fingerprint density at radius 1 is 1.36 bits per heavy atom. The summed E-state index contributed by atoms with van der Waals surface area (Å²) in [5.41, 5.74) is 1.71. The van der Waals surface area contributed by atoms with E-state index in [1.165, 1.54) is 12.1 Å². The number of benzene rings is 1. The summed E-state index contributed by atoms with van der Waals surface area (Å²) in [6.45, 7) is 5.46. The maximum Gasteiger partial charge on any atom is 0.125 e. The van der Waals surface area contributed by atoms with Crippen molar-refractivity contribution in [3.63, 3.8) is 0 Å². The molecule has 0 aliphatic rings. The van der Waals surface area contributed by atoms with Gasteiger partial charge in [-0.1, -0.05) is 6.07 Å². The first-order chi connectivity index (χ1) is 6.50. The van der Waals surface area contributed by atoms with Crippen molar-refractivity contribution in [1.82, 2.24) is 0 Å². The highest BCUT2D eigenvalue weighted by Gasteiger charge is 2.09. The van der Waals surface area contributed by atoms with Crippen molar-refractivity contribution in [2.24, 2.45) is 0 Å². The Labute approximate surface area is 83.8 Å². The van der Waals surface area contributed by atoms with Crippen molar-refractivity contribution in [2.45, 2.75) is 32.9 Å². The monoisotopic (exact) mass is 197 g/mol. The molecule has 1 rings (SSSR count). The molecule has 78 valence electrons. The lowest BCUT2D eigenvalue weighted by atomic mass is 10.1. The highest BCUT2D eigenvalue weighted by molar-refractivity contribution is 5.51. The van der Waals surface area contributed by atoms with Gasteiger partial charge in [0.15, 0.2) is 0 Å². The number of hydrogen-bond acceptors (Lipinski definition) is 2. The van der Waals surface area contributed by atoms with E-state index >= 15 is 0 Å². The molecule has 3 heteroatoms. The number of aliphatic hydroxyl groups is 1. The van der Waals surface area contributed by atoms with Gasteiger partial charge in [0.25, 0.3) is 0 Å². The van der Waals surface area contributed by atoms with Gasteiger partial charge in [-0.3, -0.25) is 0 Å². The van der Waals surface area contributed by atoms with Crippen molar-refractivity contribution in [1.29, 1.82) is 0 Å². The van der Waals surface area contributed by atoms with Gasteiger partial charge in [-0.05, 0) is 38.5 Å². The van der Waals surface area contributed by atoms with E-state index < -0.39 is 6.10 Å². The molecule has 2 unspecified atom stereocenters. The molecule has 2 nitrogen and oxygen atoms in total. The molecule has 2 atom stereocenters. The Bertz CT molecular complexity index is 312. The summed E-state index contributed by atoms with van der Waals surface area (Å²) in [4.78, 5) is 0. The van der Waals surface area contributed by atoms with Crippen LogP contribution in [0, 0.1) is 12.7 Å². The molecule has 0 saturated heterocycles. The minimum absolute atomic E-state index is 0.0875. The van der Waals surface area contributed by atoms with E-state index in [9.17, 15) is 9.50 Å². The Kier molecular flexibility index (Phi) is 3.47. The van der Waals surface area contributed by atoms with Gasteiger partial charge in [0.1, 0.15) is 5.82 Å². The van der Waals surface area contributed by atoms with Crippen molar-refractivity contribution in [3.8, 4) is 0 Å². The molecule has 0 aromatic heterocycles. The molecule has 0 aliphatic carbocycles. The zero-order chi connectivity index (χ0) is 10.7. The number of nitrogens with one attached hydrogen (secondary N) is 1. The minimum atomic E-state index is -0.460. The Morgan fingerprint density at radius 3 is 2.57 bits per heavy atom. The van der Waals surface area contributed by atoms with E-state index in [0.717, 1.165) is 11.3 Å². The third-order valence-electron chi connectivity index (χ3n) is 2.31. The van der Waals surface area contributed by atoms with Crippen LogP contribution in [-0.2, 0) is 0 Å². The first-order valence-corrected chi connectivity index (χ1v) is 4.71. The van der Waals surface area contributed by atoms with Crippen LogP contribution in [0.5, 0.6) is 0 Å². The van der Waals surface area contributed by atoms with Crippen molar-refractivity contribution in [2.75, 3.05) is 5.32 Å². The van der Waals surface area contributed by atoms with E-state index in [-0.39, 0.29) is 11.9 Å². The van der Waals surface area contributed by atoms with Gasteiger partial charge in [-0.15, -0.1) is 0 Å². The second-order valence-corrected chi connectivity index (χ2v) is 3.63. The first-order valence-electron chi connectivity index (χ1n) is 4.71. The van der Waals surface area contributed by atoms with Gasteiger partial charge in [0.2, 0.25) is 0 Å². The summed E-state index contributed by atoms with van der Waals surface area (Å²) in [5, 5.41) is 12.3. The molecule has 0 fully saturated rings. The van der Waals surface area contributed by atoms with Gasteiger partial charge in [-0.2, -0.15) is 0 Å². The van der Waals surface area contributed by atoms with Gasteiger partial charge in [0.05, 0.1) is 6.10 Å². The quantitative estimate of drug-likeness (QED) is 0.779. The van der Waals surface area contributed by atoms with Crippen LogP contribution in [0.3, 0.4) is 0 Å². The van der Waals surface area contributed by atoms with Crippen LogP contribution >= 0.6 is 0 Å². The largest absolute Gasteiger partial charge is 0.391 e. The molecule has 1 aromatic rings. The Morgan fingerprint density at radius 2 is 2.00 bits per heavy atom. The predicted molar refractivity (Wildman–Crippen MR) is 55.9 cm³/mol. The summed E-state index contributed by atoms with van der Waals surface area (Å²) in [7, 11) is 0. The first kappa shape index (κ1) is 11.0. The van der Waals surface area contributed by atoms with Gasteiger partial charge in [-0.25, -0.2) is 4.39 Å². The summed E-state index contributed by atoms with van der Waals surface area (Å²) in [5.74, 6) is -0.268. The number of rotatable bonds is 3. The van der Waals surface area contributed by atoms with Gasteiger partial charge >= 0.3 is 0 Å². The molecular weight excluding hydrogens is 181 g/mol. The third kappa shape index (κ3) is 2.70. The lowest BCUT2D eigenvalue weighted by molar-refractivity contribution is 0.178. The van der Waals surface area contributed by atoms with Crippen LogP contribution in [0.15, 0.2) is 18.2 Å². The number of aliphatic hydroxyl groups excluding tert-OH is 1. The fraction of sp³-hybridized carbons (Fsp3) is 0.455. The van der Waals surface area contributed by atoms with E-state index in [4.69, 9.17) is 0 Å². The molecule has 1 aromatic carbocycles. The maximum absolute atomic E-state index is 12.9. The maximum atomic E-state index is 12.9. The fourth-order valence-electron chi connectivity index (χ4n) is 1.12. The minimum Gasteiger partial charge on any atom is -0.391 e.